The number of para-hydroxylation sites is 2. The molecule has 3 nitrogen and oxygen atoms in total. The number of hydrogen-bond acceptors (Lipinski definition) is 3. The van der Waals surface area contributed by atoms with Crippen LogP contribution in [0.4, 0.5) is 0 Å². The minimum Gasteiger partial charge on any atom is -0.490 e. The van der Waals surface area contributed by atoms with E-state index < -0.39 is 0 Å². The van der Waals surface area contributed by atoms with Crippen LogP contribution in [-0.2, 0) is 0 Å². The highest BCUT2D eigenvalue weighted by molar-refractivity contribution is 5.39. The van der Waals surface area contributed by atoms with Crippen molar-refractivity contribution in [1.82, 2.24) is 5.32 Å². The molecule has 0 bridgehead atoms. The van der Waals surface area contributed by atoms with E-state index in [4.69, 9.17) is 9.47 Å². The predicted molar refractivity (Wildman–Crippen MR) is 89.2 cm³/mol. The largest absolute Gasteiger partial charge is 0.490 e. The summed E-state index contributed by atoms with van der Waals surface area (Å²) in [6.07, 6.45) is 1.05. The highest BCUT2D eigenvalue weighted by Gasteiger charge is 2.20. The second-order valence-corrected chi connectivity index (χ2v) is 5.77. The second kappa shape index (κ2) is 9.67. The van der Waals surface area contributed by atoms with Crippen LogP contribution >= 0.6 is 0 Å². The van der Waals surface area contributed by atoms with Crippen molar-refractivity contribution in [2.45, 2.75) is 47.1 Å². The molecule has 0 amide bonds. The van der Waals surface area contributed by atoms with Crippen molar-refractivity contribution >= 4 is 0 Å². The van der Waals surface area contributed by atoms with Crippen molar-refractivity contribution in [3.05, 3.63) is 24.3 Å². The zero-order chi connectivity index (χ0) is 15.7. The average molecular weight is 293 g/mol. The van der Waals surface area contributed by atoms with E-state index in [9.17, 15) is 0 Å². The van der Waals surface area contributed by atoms with Gasteiger partial charge in [0.25, 0.3) is 0 Å². The molecule has 0 aromatic heterocycles. The minimum absolute atomic E-state index is 0.515. The summed E-state index contributed by atoms with van der Waals surface area (Å²) in [6, 6.07) is 8.41. The van der Waals surface area contributed by atoms with Crippen LogP contribution in [0, 0.1) is 11.8 Å². The van der Waals surface area contributed by atoms with Crippen LogP contribution in [0.1, 0.15) is 41.0 Å². The second-order valence-electron chi connectivity index (χ2n) is 5.77. The quantitative estimate of drug-likeness (QED) is 0.704. The molecule has 0 fully saturated rings. The summed E-state index contributed by atoms with van der Waals surface area (Å²) in [5, 5.41) is 3.53. The highest BCUT2D eigenvalue weighted by atomic mass is 16.5. The van der Waals surface area contributed by atoms with E-state index in [1.807, 2.05) is 31.2 Å². The van der Waals surface area contributed by atoms with Crippen LogP contribution < -0.4 is 14.8 Å². The van der Waals surface area contributed by atoms with Crippen molar-refractivity contribution in [3.8, 4) is 11.5 Å². The Morgan fingerprint density at radius 2 is 1.62 bits per heavy atom. The summed E-state index contributed by atoms with van der Waals surface area (Å²) in [6.45, 7) is 13.4. The summed E-state index contributed by atoms with van der Waals surface area (Å²) in [5.41, 5.74) is 0. The third-order valence-electron chi connectivity index (χ3n) is 3.88. The van der Waals surface area contributed by atoms with Crippen LogP contribution in [0.5, 0.6) is 11.5 Å². The van der Waals surface area contributed by atoms with Gasteiger partial charge in [-0.05, 0) is 50.8 Å². The smallest absolute Gasteiger partial charge is 0.161 e. The van der Waals surface area contributed by atoms with Gasteiger partial charge in [-0.1, -0.05) is 32.9 Å². The maximum Gasteiger partial charge on any atom is 0.161 e. The van der Waals surface area contributed by atoms with Crippen LogP contribution in [0.25, 0.3) is 0 Å². The average Bonchev–Trinajstić information content (AvgIpc) is 2.45. The van der Waals surface area contributed by atoms with Gasteiger partial charge in [0.15, 0.2) is 11.5 Å². The first-order valence-electron chi connectivity index (χ1n) is 8.18. The first-order valence-corrected chi connectivity index (χ1v) is 8.18. The van der Waals surface area contributed by atoms with E-state index in [1.54, 1.807) is 0 Å². The number of rotatable bonds is 10. The molecule has 0 aliphatic carbocycles. The molecule has 0 aliphatic rings. The summed E-state index contributed by atoms with van der Waals surface area (Å²) in [4.78, 5) is 0. The van der Waals surface area contributed by atoms with Crippen LogP contribution in [-0.4, -0.2) is 25.8 Å². The Balaban J connectivity index is 2.54. The maximum atomic E-state index is 5.95. The highest BCUT2D eigenvalue weighted by Crippen LogP contribution is 2.27. The first kappa shape index (κ1) is 17.8. The normalized spacial score (nSPS) is 14.0. The number of ether oxygens (including phenoxy) is 2. The Hall–Kier alpha value is -1.22. The SMILES string of the molecule is CCNC(C)C(CCOc1ccccc1OCC)C(C)C. The van der Waals surface area contributed by atoms with Gasteiger partial charge in [0.1, 0.15) is 0 Å². The number of nitrogens with one attached hydrogen (secondary N) is 1. The van der Waals surface area contributed by atoms with Gasteiger partial charge >= 0.3 is 0 Å². The van der Waals surface area contributed by atoms with E-state index in [0.29, 0.717) is 24.5 Å². The van der Waals surface area contributed by atoms with E-state index in [2.05, 4.69) is 33.0 Å². The molecule has 2 unspecified atom stereocenters. The van der Waals surface area contributed by atoms with Crippen LogP contribution in [0.2, 0.25) is 0 Å². The molecule has 120 valence electrons. The van der Waals surface area contributed by atoms with Gasteiger partial charge in [-0.2, -0.15) is 0 Å². The Kier molecular flexibility index (Phi) is 8.21. The van der Waals surface area contributed by atoms with Crippen molar-refractivity contribution in [2.75, 3.05) is 19.8 Å². The molecule has 3 heteroatoms. The Morgan fingerprint density at radius 3 is 2.14 bits per heavy atom. The lowest BCUT2D eigenvalue weighted by atomic mass is 9.86. The third kappa shape index (κ3) is 5.96. The zero-order valence-corrected chi connectivity index (χ0v) is 14.2. The van der Waals surface area contributed by atoms with E-state index in [-0.39, 0.29) is 0 Å². The van der Waals surface area contributed by atoms with E-state index in [0.717, 1.165) is 31.1 Å². The van der Waals surface area contributed by atoms with Gasteiger partial charge in [-0.25, -0.2) is 0 Å². The van der Waals surface area contributed by atoms with Gasteiger partial charge in [-0.15, -0.1) is 0 Å². The lowest BCUT2D eigenvalue weighted by Crippen LogP contribution is -2.36. The Morgan fingerprint density at radius 1 is 1.00 bits per heavy atom. The summed E-state index contributed by atoms with van der Waals surface area (Å²) >= 11 is 0. The first-order chi connectivity index (χ1) is 10.1. The Labute approximate surface area is 130 Å². The molecular formula is C18H31NO2. The van der Waals surface area contributed by atoms with Crippen molar-refractivity contribution < 1.29 is 9.47 Å². The van der Waals surface area contributed by atoms with Crippen LogP contribution in [0.3, 0.4) is 0 Å². The monoisotopic (exact) mass is 293 g/mol. The van der Waals surface area contributed by atoms with Gasteiger partial charge < -0.3 is 14.8 Å². The number of benzene rings is 1. The van der Waals surface area contributed by atoms with Crippen molar-refractivity contribution in [2.24, 2.45) is 11.8 Å². The third-order valence-corrected chi connectivity index (χ3v) is 3.88. The van der Waals surface area contributed by atoms with Gasteiger partial charge in [0.05, 0.1) is 13.2 Å². The summed E-state index contributed by atoms with van der Waals surface area (Å²) < 4.78 is 11.5. The number of hydrogen-bond donors (Lipinski definition) is 1. The lowest BCUT2D eigenvalue weighted by molar-refractivity contribution is 0.207. The van der Waals surface area contributed by atoms with Gasteiger partial charge in [0, 0.05) is 6.04 Å². The summed E-state index contributed by atoms with van der Waals surface area (Å²) in [7, 11) is 0. The molecule has 1 N–H and O–H groups in total. The van der Waals surface area contributed by atoms with Crippen LogP contribution in [0.15, 0.2) is 24.3 Å². The maximum absolute atomic E-state index is 5.95. The lowest BCUT2D eigenvalue weighted by Gasteiger charge is -2.28. The molecule has 2 atom stereocenters. The molecule has 0 heterocycles. The molecule has 0 spiro atoms. The fourth-order valence-corrected chi connectivity index (χ4v) is 2.78. The molecule has 1 aromatic rings. The van der Waals surface area contributed by atoms with Gasteiger partial charge in [0.2, 0.25) is 0 Å². The fraction of sp³-hybridized carbons (Fsp3) is 0.667. The molecule has 21 heavy (non-hydrogen) atoms. The summed E-state index contributed by atoms with van der Waals surface area (Å²) in [5.74, 6) is 2.94. The fourth-order valence-electron chi connectivity index (χ4n) is 2.78. The molecular weight excluding hydrogens is 262 g/mol. The topological polar surface area (TPSA) is 30.5 Å². The standard InChI is InChI=1S/C18H31NO2/c1-6-19-15(5)16(14(3)4)12-13-21-18-11-9-8-10-17(18)20-7-2/h8-11,14-16,19H,6-7,12-13H2,1-5H3. The molecule has 0 saturated heterocycles. The molecule has 1 rings (SSSR count). The van der Waals surface area contributed by atoms with Crippen molar-refractivity contribution in [1.29, 1.82) is 0 Å². The predicted octanol–water partition coefficient (Wildman–Crippen LogP) is 4.12. The molecule has 0 radical (unpaired) electrons. The van der Waals surface area contributed by atoms with Crippen molar-refractivity contribution in [3.63, 3.8) is 0 Å². The zero-order valence-electron chi connectivity index (χ0n) is 14.2. The van der Waals surface area contributed by atoms with E-state index in [1.165, 1.54) is 0 Å². The molecule has 0 aliphatic heterocycles. The molecule has 1 aromatic carbocycles. The minimum atomic E-state index is 0.515. The Bertz CT molecular complexity index is 393. The van der Waals surface area contributed by atoms with E-state index >= 15 is 0 Å². The van der Waals surface area contributed by atoms with Gasteiger partial charge in [-0.3, -0.25) is 0 Å². The molecule has 0 saturated carbocycles.